The summed E-state index contributed by atoms with van der Waals surface area (Å²) in [6.45, 7) is 3.80. The van der Waals surface area contributed by atoms with E-state index in [-0.39, 0.29) is 6.61 Å². The third-order valence-electron chi connectivity index (χ3n) is 3.65. The fourth-order valence-electron chi connectivity index (χ4n) is 2.38. The van der Waals surface area contributed by atoms with Crippen LogP contribution in [0.3, 0.4) is 0 Å². The number of thiazole rings is 1. The zero-order valence-corrected chi connectivity index (χ0v) is 16.3. The van der Waals surface area contributed by atoms with E-state index in [4.69, 9.17) is 9.47 Å². The Bertz CT molecular complexity index is 955. The third kappa shape index (κ3) is 4.92. The number of benzene rings is 1. The summed E-state index contributed by atoms with van der Waals surface area (Å²) in [5.41, 5.74) is 1.82. The molecule has 0 aliphatic heterocycles. The molecule has 0 spiro atoms. The van der Waals surface area contributed by atoms with E-state index in [2.05, 4.69) is 15.3 Å². The van der Waals surface area contributed by atoms with Crippen LogP contribution in [0.2, 0.25) is 0 Å². The van der Waals surface area contributed by atoms with Gasteiger partial charge in [0.05, 0.1) is 18.0 Å². The molecule has 1 amide bonds. The Balaban J connectivity index is 1.56. The van der Waals surface area contributed by atoms with Gasteiger partial charge in [-0.2, -0.15) is 0 Å². The lowest BCUT2D eigenvalue weighted by atomic mass is 10.3. The highest BCUT2D eigenvalue weighted by atomic mass is 32.1. The van der Waals surface area contributed by atoms with Gasteiger partial charge < -0.3 is 14.8 Å². The van der Waals surface area contributed by atoms with Gasteiger partial charge in [0.25, 0.3) is 5.91 Å². The maximum atomic E-state index is 12.3. The van der Waals surface area contributed by atoms with Crippen molar-refractivity contribution in [2.45, 2.75) is 13.8 Å². The van der Waals surface area contributed by atoms with Crippen molar-refractivity contribution in [2.75, 3.05) is 18.5 Å². The minimum atomic E-state index is -0.584. The van der Waals surface area contributed by atoms with Crippen molar-refractivity contribution >= 4 is 28.9 Å². The maximum Gasteiger partial charge on any atom is 0.350 e. The van der Waals surface area contributed by atoms with Crippen LogP contribution in [0.5, 0.6) is 5.75 Å². The van der Waals surface area contributed by atoms with Gasteiger partial charge in [-0.3, -0.25) is 9.78 Å². The molecule has 2 aromatic heterocycles. The normalized spacial score (nSPS) is 10.4. The van der Waals surface area contributed by atoms with Crippen LogP contribution in [-0.4, -0.2) is 35.1 Å². The molecule has 0 aliphatic rings. The fraction of sp³-hybridized carbons (Fsp3) is 0.200. The summed E-state index contributed by atoms with van der Waals surface area (Å²) >= 11 is 1.19. The number of nitrogens with one attached hydrogen (secondary N) is 1. The second kappa shape index (κ2) is 9.09. The Hall–Kier alpha value is -3.26. The number of anilines is 1. The van der Waals surface area contributed by atoms with Crippen molar-refractivity contribution in [3.8, 4) is 16.5 Å². The van der Waals surface area contributed by atoms with Crippen molar-refractivity contribution in [1.29, 1.82) is 0 Å². The number of esters is 1. The second-order valence-electron chi connectivity index (χ2n) is 5.73. The first-order valence-electron chi connectivity index (χ1n) is 8.65. The molecule has 0 radical (unpaired) electrons. The van der Waals surface area contributed by atoms with E-state index < -0.39 is 11.9 Å². The Labute approximate surface area is 166 Å². The van der Waals surface area contributed by atoms with Crippen LogP contribution in [0.25, 0.3) is 10.7 Å². The molecule has 0 atom stereocenters. The van der Waals surface area contributed by atoms with Gasteiger partial charge in [-0.1, -0.05) is 6.07 Å². The molecule has 1 aromatic carbocycles. The van der Waals surface area contributed by atoms with E-state index in [0.717, 1.165) is 5.75 Å². The molecule has 3 rings (SSSR count). The first-order valence-corrected chi connectivity index (χ1v) is 9.47. The molecule has 0 fully saturated rings. The molecule has 0 bridgehead atoms. The summed E-state index contributed by atoms with van der Waals surface area (Å²) in [5, 5.41) is 3.30. The molecular weight excluding hydrogens is 378 g/mol. The van der Waals surface area contributed by atoms with E-state index in [1.165, 1.54) is 11.3 Å². The Morgan fingerprint density at radius 2 is 1.93 bits per heavy atom. The van der Waals surface area contributed by atoms with Crippen molar-refractivity contribution in [3.05, 3.63) is 59.2 Å². The number of hydrogen-bond acceptors (Lipinski definition) is 7. The van der Waals surface area contributed by atoms with E-state index in [1.807, 2.05) is 25.1 Å². The van der Waals surface area contributed by atoms with Crippen molar-refractivity contribution in [2.24, 2.45) is 0 Å². The highest BCUT2D eigenvalue weighted by Gasteiger charge is 2.19. The van der Waals surface area contributed by atoms with E-state index in [9.17, 15) is 9.59 Å². The zero-order valence-electron chi connectivity index (χ0n) is 15.5. The maximum absolute atomic E-state index is 12.3. The largest absolute Gasteiger partial charge is 0.494 e. The van der Waals surface area contributed by atoms with Gasteiger partial charge in [0.1, 0.15) is 15.6 Å². The van der Waals surface area contributed by atoms with Gasteiger partial charge in [0, 0.05) is 11.9 Å². The predicted octanol–water partition coefficient (Wildman–Crippen LogP) is 3.71. The molecule has 2 heterocycles. The van der Waals surface area contributed by atoms with Crippen LogP contribution in [0.1, 0.15) is 22.3 Å². The molecule has 0 saturated heterocycles. The van der Waals surface area contributed by atoms with Gasteiger partial charge >= 0.3 is 5.97 Å². The summed E-state index contributed by atoms with van der Waals surface area (Å²) in [5.74, 6) is -0.292. The van der Waals surface area contributed by atoms with Gasteiger partial charge in [0.2, 0.25) is 0 Å². The van der Waals surface area contributed by atoms with Crippen molar-refractivity contribution in [1.82, 2.24) is 9.97 Å². The van der Waals surface area contributed by atoms with Gasteiger partial charge in [-0.05, 0) is 50.2 Å². The zero-order chi connectivity index (χ0) is 19.9. The minimum absolute atomic E-state index is 0.356. The highest BCUT2D eigenvalue weighted by molar-refractivity contribution is 7.17. The molecule has 28 heavy (non-hydrogen) atoms. The van der Waals surface area contributed by atoms with Crippen LogP contribution < -0.4 is 10.1 Å². The number of aryl methyl sites for hydroxylation is 1. The number of rotatable bonds is 7. The van der Waals surface area contributed by atoms with Crippen LogP contribution in [0, 0.1) is 6.92 Å². The van der Waals surface area contributed by atoms with Gasteiger partial charge in [0.15, 0.2) is 6.61 Å². The molecule has 144 valence electrons. The molecular formula is C20H19N3O4S. The Kier molecular flexibility index (Phi) is 6.33. The summed E-state index contributed by atoms with van der Waals surface area (Å²) < 4.78 is 10.5. The van der Waals surface area contributed by atoms with Crippen molar-refractivity contribution in [3.63, 3.8) is 0 Å². The number of nitrogens with zero attached hydrogens (tertiary/aromatic N) is 2. The number of carbonyl (C=O) groups is 2. The quantitative estimate of drug-likeness (QED) is 0.611. The fourth-order valence-corrected chi connectivity index (χ4v) is 3.32. The third-order valence-corrected chi connectivity index (χ3v) is 4.81. The SMILES string of the molecule is CCOc1ccc(NC(=O)COC(=O)c2sc(-c3ccccn3)nc2C)cc1. The van der Waals surface area contributed by atoms with E-state index in [1.54, 1.807) is 37.4 Å². The molecule has 8 heteroatoms. The first kappa shape index (κ1) is 19.5. The summed E-state index contributed by atoms with van der Waals surface area (Å²) in [4.78, 5) is 33.3. The smallest absolute Gasteiger partial charge is 0.350 e. The topological polar surface area (TPSA) is 90.4 Å². The number of aromatic nitrogens is 2. The summed E-state index contributed by atoms with van der Waals surface area (Å²) in [7, 11) is 0. The lowest BCUT2D eigenvalue weighted by Crippen LogP contribution is -2.20. The van der Waals surface area contributed by atoms with Crippen LogP contribution in [-0.2, 0) is 9.53 Å². The average molecular weight is 397 g/mol. The standard InChI is InChI=1S/C20H19N3O4S/c1-3-26-15-9-7-14(8-10-15)23-17(24)12-27-20(25)18-13(2)22-19(28-18)16-6-4-5-11-21-16/h4-11H,3,12H2,1-2H3,(H,23,24). The van der Waals surface area contributed by atoms with E-state index in [0.29, 0.717) is 33.6 Å². The lowest BCUT2D eigenvalue weighted by Gasteiger charge is -2.07. The highest BCUT2D eigenvalue weighted by Crippen LogP contribution is 2.26. The average Bonchev–Trinajstić information content (AvgIpc) is 3.10. The van der Waals surface area contributed by atoms with Gasteiger partial charge in [-0.25, -0.2) is 9.78 Å². The molecule has 1 N–H and O–H groups in total. The Morgan fingerprint density at radius 1 is 1.14 bits per heavy atom. The number of amides is 1. The minimum Gasteiger partial charge on any atom is -0.494 e. The number of carbonyl (C=O) groups excluding carboxylic acids is 2. The molecule has 0 unspecified atom stereocenters. The molecule has 3 aromatic rings. The molecule has 0 aliphatic carbocycles. The van der Waals surface area contributed by atoms with Crippen LogP contribution in [0.15, 0.2) is 48.7 Å². The van der Waals surface area contributed by atoms with E-state index >= 15 is 0 Å². The van der Waals surface area contributed by atoms with Crippen LogP contribution in [0.4, 0.5) is 5.69 Å². The predicted molar refractivity (Wildman–Crippen MR) is 107 cm³/mol. The van der Waals surface area contributed by atoms with Gasteiger partial charge in [-0.15, -0.1) is 11.3 Å². The number of ether oxygens (including phenoxy) is 2. The lowest BCUT2D eigenvalue weighted by molar-refractivity contribution is -0.119. The van der Waals surface area contributed by atoms with Crippen LogP contribution >= 0.6 is 11.3 Å². The summed E-state index contributed by atoms with van der Waals surface area (Å²) in [6, 6.07) is 12.4. The summed E-state index contributed by atoms with van der Waals surface area (Å²) in [6.07, 6.45) is 1.66. The monoisotopic (exact) mass is 397 g/mol. The molecule has 7 nitrogen and oxygen atoms in total. The number of hydrogen-bond donors (Lipinski definition) is 1. The first-order chi connectivity index (χ1) is 13.6. The number of pyridine rings is 1. The second-order valence-corrected chi connectivity index (χ2v) is 6.73. The Morgan fingerprint density at radius 3 is 2.61 bits per heavy atom. The van der Waals surface area contributed by atoms with Crippen molar-refractivity contribution < 1.29 is 19.1 Å². The molecule has 0 saturated carbocycles.